The zero-order valence-electron chi connectivity index (χ0n) is 13.7. The van der Waals surface area contributed by atoms with Crippen LogP contribution in [0, 0.1) is 5.41 Å². The number of hydrogen-bond acceptors (Lipinski definition) is 1. The third kappa shape index (κ3) is 5.93. The molecule has 1 unspecified atom stereocenters. The van der Waals surface area contributed by atoms with E-state index in [0.717, 1.165) is 12.1 Å². The SMILES string of the molecule is CC=CC=CC(=O)NC(c1cccc(C(F)(F)F)c1)C(C)(C)C. The fraction of sp³-hybridized carbons (Fsp3) is 0.389. The van der Waals surface area contributed by atoms with Gasteiger partial charge in [-0.3, -0.25) is 4.79 Å². The largest absolute Gasteiger partial charge is 0.416 e. The number of alkyl halides is 3. The van der Waals surface area contributed by atoms with Gasteiger partial charge < -0.3 is 5.32 Å². The first-order valence-corrected chi connectivity index (χ1v) is 7.32. The number of allylic oxidation sites excluding steroid dienone is 3. The topological polar surface area (TPSA) is 29.1 Å². The van der Waals surface area contributed by atoms with Gasteiger partial charge in [-0.25, -0.2) is 0 Å². The third-order valence-corrected chi connectivity index (χ3v) is 3.25. The number of hydrogen-bond donors (Lipinski definition) is 1. The van der Waals surface area contributed by atoms with Gasteiger partial charge in [-0.15, -0.1) is 0 Å². The van der Waals surface area contributed by atoms with Crippen LogP contribution in [0.4, 0.5) is 13.2 Å². The van der Waals surface area contributed by atoms with Gasteiger partial charge in [-0.1, -0.05) is 51.1 Å². The summed E-state index contributed by atoms with van der Waals surface area (Å²) < 4.78 is 38.7. The number of benzene rings is 1. The van der Waals surface area contributed by atoms with Crippen LogP contribution in [0.15, 0.2) is 48.6 Å². The van der Waals surface area contributed by atoms with Crippen molar-refractivity contribution in [2.24, 2.45) is 5.41 Å². The summed E-state index contributed by atoms with van der Waals surface area (Å²) in [6.07, 6.45) is 2.01. The van der Waals surface area contributed by atoms with Gasteiger partial charge in [0.1, 0.15) is 0 Å². The zero-order valence-corrected chi connectivity index (χ0v) is 13.7. The van der Waals surface area contributed by atoms with Crippen molar-refractivity contribution >= 4 is 5.91 Å². The van der Waals surface area contributed by atoms with Gasteiger partial charge in [0.25, 0.3) is 0 Å². The minimum Gasteiger partial charge on any atom is -0.345 e. The van der Waals surface area contributed by atoms with Gasteiger partial charge in [-0.05, 0) is 30.0 Å². The fourth-order valence-electron chi connectivity index (χ4n) is 2.14. The highest BCUT2D eigenvalue weighted by Gasteiger charge is 2.33. The van der Waals surface area contributed by atoms with E-state index in [1.165, 1.54) is 12.1 Å². The van der Waals surface area contributed by atoms with Crippen LogP contribution in [-0.4, -0.2) is 5.91 Å². The Bertz CT molecular complexity index is 595. The van der Waals surface area contributed by atoms with Crippen LogP contribution in [-0.2, 0) is 11.0 Å². The molecule has 1 aromatic rings. The molecule has 0 aliphatic heterocycles. The number of carbonyl (C=O) groups excluding carboxylic acids is 1. The van der Waals surface area contributed by atoms with E-state index in [1.54, 1.807) is 24.3 Å². The molecule has 5 heteroatoms. The van der Waals surface area contributed by atoms with Crippen LogP contribution in [0.2, 0.25) is 0 Å². The molecule has 1 amide bonds. The van der Waals surface area contributed by atoms with E-state index in [4.69, 9.17) is 0 Å². The minimum atomic E-state index is -4.41. The molecule has 1 aromatic carbocycles. The summed E-state index contributed by atoms with van der Waals surface area (Å²) in [6.45, 7) is 7.43. The number of carbonyl (C=O) groups is 1. The molecule has 0 fully saturated rings. The van der Waals surface area contributed by atoms with E-state index < -0.39 is 23.2 Å². The van der Waals surface area contributed by atoms with E-state index in [1.807, 2.05) is 27.7 Å². The fourth-order valence-corrected chi connectivity index (χ4v) is 2.14. The van der Waals surface area contributed by atoms with E-state index in [0.29, 0.717) is 5.56 Å². The highest BCUT2D eigenvalue weighted by Crippen LogP contribution is 2.36. The van der Waals surface area contributed by atoms with Crippen LogP contribution in [0.1, 0.15) is 44.9 Å². The lowest BCUT2D eigenvalue weighted by Crippen LogP contribution is -2.35. The Labute approximate surface area is 135 Å². The molecule has 0 saturated heterocycles. The van der Waals surface area contributed by atoms with Crippen LogP contribution in [0.5, 0.6) is 0 Å². The van der Waals surface area contributed by atoms with Crippen LogP contribution >= 0.6 is 0 Å². The van der Waals surface area contributed by atoms with Crippen molar-refractivity contribution in [1.82, 2.24) is 5.32 Å². The molecule has 1 atom stereocenters. The van der Waals surface area contributed by atoms with E-state index >= 15 is 0 Å². The Morgan fingerprint density at radius 2 is 1.83 bits per heavy atom. The van der Waals surface area contributed by atoms with Gasteiger partial charge in [0.2, 0.25) is 5.91 Å². The highest BCUT2D eigenvalue weighted by molar-refractivity contribution is 5.88. The Hall–Kier alpha value is -2.04. The maximum absolute atomic E-state index is 12.9. The van der Waals surface area contributed by atoms with Crippen LogP contribution < -0.4 is 5.32 Å². The normalized spacial score (nSPS) is 14.4. The van der Waals surface area contributed by atoms with Crippen molar-refractivity contribution in [2.45, 2.75) is 39.9 Å². The number of rotatable bonds is 4. The van der Waals surface area contributed by atoms with Crippen molar-refractivity contribution in [3.63, 3.8) is 0 Å². The van der Waals surface area contributed by atoms with E-state index in [2.05, 4.69) is 5.32 Å². The monoisotopic (exact) mass is 325 g/mol. The minimum absolute atomic E-state index is 0.347. The molecule has 1 N–H and O–H groups in total. The maximum Gasteiger partial charge on any atom is 0.416 e. The highest BCUT2D eigenvalue weighted by atomic mass is 19.4. The summed E-state index contributed by atoms with van der Waals surface area (Å²) >= 11 is 0. The maximum atomic E-state index is 12.9. The smallest absolute Gasteiger partial charge is 0.345 e. The molecule has 1 rings (SSSR count). The van der Waals surface area contributed by atoms with Gasteiger partial charge in [-0.2, -0.15) is 13.2 Å². The van der Waals surface area contributed by atoms with Gasteiger partial charge >= 0.3 is 6.18 Å². The average molecular weight is 325 g/mol. The Balaban J connectivity index is 3.11. The van der Waals surface area contributed by atoms with Gasteiger partial charge in [0.05, 0.1) is 11.6 Å². The van der Waals surface area contributed by atoms with Crippen LogP contribution in [0.25, 0.3) is 0 Å². The van der Waals surface area contributed by atoms with E-state index in [9.17, 15) is 18.0 Å². The molecule has 0 spiro atoms. The summed E-state index contributed by atoms with van der Waals surface area (Å²) in [5, 5.41) is 2.78. The first kappa shape index (κ1) is 19.0. The molecule has 0 aromatic heterocycles. The molecule has 0 radical (unpaired) electrons. The van der Waals surface area contributed by atoms with Gasteiger partial charge in [0, 0.05) is 6.08 Å². The second kappa shape index (κ2) is 7.49. The Kier molecular flexibility index (Phi) is 6.19. The molecule has 23 heavy (non-hydrogen) atoms. The summed E-state index contributed by atoms with van der Waals surface area (Å²) in [4.78, 5) is 12.0. The molecule has 0 bridgehead atoms. The second-order valence-electron chi connectivity index (χ2n) is 6.32. The Morgan fingerprint density at radius 1 is 1.17 bits per heavy atom. The summed E-state index contributed by atoms with van der Waals surface area (Å²) in [7, 11) is 0. The third-order valence-electron chi connectivity index (χ3n) is 3.25. The molecule has 0 heterocycles. The summed E-state index contributed by atoms with van der Waals surface area (Å²) in [5.41, 5.74) is -0.725. The van der Waals surface area contributed by atoms with Crippen molar-refractivity contribution in [3.8, 4) is 0 Å². The van der Waals surface area contributed by atoms with Crippen molar-refractivity contribution in [2.75, 3.05) is 0 Å². The molecule has 0 aliphatic rings. The standard InChI is InChI=1S/C18H22F3NO/c1-5-6-7-11-15(23)22-16(17(2,3)4)13-9-8-10-14(12-13)18(19,20)21/h5-12,16H,1-4H3,(H,22,23). The molecular formula is C18H22F3NO. The lowest BCUT2D eigenvalue weighted by Gasteiger charge is -2.32. The summed E-state index contributed by atoms with van der Waals surface area (Å²) in [5.74, 6) is -0.347. The second-order valence-corrected chi connectivity index (χ2v) is 6.32. The van der Waals surface area contributed by atoms with Crippen molar-refractivity contribution < 1.29 is 18.0 Å². The lowest BCUT2D eigenvalue weighted by atomic mass is 9.82. The number of halogens is 3. The predicted octanol–water partition coefficient (Wildman–Crippen LogP) is 5.04. The molecule has 0 saturated carbocycles. The first-order chi connectivity index (χ1) is 10.6. The van der Waals surface area contributed by atoms with Crippen LogP contribution in [0.3, 0.4) is 0 Å². The first-order valence-electron chi connectivity index (χ1n) is 7.32. The van der Waals surface area contributed by atoms with Crippen molar-refractivity contribution in [3.05, 3.63) is 59.7 Å². The lowest BCUT2D eigenvalue weighted by molar-refractivity contribution is -0.137. The molecule has 126 valence electrons. The summed E-state index contributed by atoms with van der Waals surface area (Å²) in [6, 6.07) is 4.54. The average Bonchev–Trinajstić information content (AvgIpc) is 2.43. The van der Waals surface area contributed by atoms with Crippen molar-refractivity contribution in [1.29, 1.82) is 0 Å². The van der Waals surface area contributed by atoms with E-state index in [-0.39, 0.29) is 5.91 Å². The molecule has 0 aliphatic carbocycles. The number of nitrogens with one attached hydrogen (secondary N) is 1. The zero-order chi connectivity index (χ0) is 17.7. The molecular weight excluding hydrogens is 303 g/mol. The molecule has 2 nitrogen and oxygen atoms in total. The number of amides is 1. The Morgan fingerprint density at radius 3 is 2.35 bits per heavy atom. The van der Waals surface area contributed by atoms with Gasteiger partial charge in [0.15, 0.2) is 0 Å². The predicted molar refractivity (Wildman–Crippen MR) is 85.7 cm³/mol. The quantitative estimate of drug-likeness (QED) is 0.610.